The van der Waals surface area contributed by atoms with Crippen LogP contribution in [0.1, 0.15) is 5.56 Å². The average molecular weight is 440 g/mol. The summed E-state index contributed by atoms with van der Waals surface area (Å²) in [6, 6.07) is 9.48. The molecule has 7 nitrogen and oxygen atoms in total. The van der Waals surface area contributed by atoms with Crippen LogP contribution in [-0.2, 0) is 16.2 Å². The molecule has 3 heterocycles. The minimum atomic E-state index is -1.15. The number of rotatable bonds is 7. The molecule has 0 spiro atoms. The van der Waals surface area contributed by atoms with Crippen molar-refractivity contribution in [2.45, 2.75) is 39.3 Å². The Labute approximate surface area is 185 Å². The van der Waals surface area contributed by atoms with Crippen molar-refractivity contribution in [3.05, 3.63) is 36.2 Å². The van der Waals surface area contributed by atoms with Gasteiger partial charge >= 0.3 is 0 Å². The molecular formula is C23H33N5O2Si. The van der Waals surface area contributed by atoms with Gasteiger partial charge in [-0.2, -0.15) is 0 Å². The number of morpholine rings is 1. The quantitative estimate of drug-likeness (QED) is 0.339. The third kappa shape index (κ3) is 4.92. The van der Waals surface area contributed by atoms with Gasteiger partial charge in [-0.15, -0.1) is 0 Å². The molecule has 0 unspecified atom stereocenters. The number of nitrogens with zero attached hydrogens (tertiary/aromatic N) is 4. The molecule has 2 N–H and O–H groups in total. The maximum Gasteiger partial charge on any atom is 0.147 e. The minimum Gasteiger partial charge on any atom is -0.399 e. The standard InChI is InChI=1S/C23H33N5O2Si/c1-17-13-18(5-6-20(17)24)21-14-19-22(27-7-9-29-10-8-27)25-15-26-23(19)28(21)16-30-11-12-31(2,3)4/h5-6,13-15H,7-12,16,24H2,1-4H3. The van der Waals surface area contributed by atoms with Crippen molar-refractivity contribution in [3.8, 4) is 11.3 Å². The Bertz CT molecular complexity index is 1050. The molecule has 1 aliphatic heterocycles. The predicted molar refractivity (Wildman–Crippen MR) is 129 cm³/mol. The summed E-state index contributed by atoms with van der Waals surface area (Å²) in [4.78, 5) is 11.6. The summed E-state index contributed by atoms with van der Waals surface area (Å²) >= 11 is 0. The summed E-state index contributed by atoms with van der Waals surface area (Å²) in [6.45, 7) is 13.5. The number of nitrogen functional groups attached to an aromatic ring is 1. The molecule has 8 heteroatoms. The molecule has 0 aliphatic carbocycles. The number of anilines is 2. The van der Waals surface area contributed by atoms with Crippen LogP contribution < -0.4 is 10.6 Å². The van der Waals surface area contributed by atoms with E-state index in [-0.39, 0.29) is 0 Å². The monoisotopic (exact) mass is 439 g/mol. The summed E-state index contributed by atoms with van der Waals surface area (Å²) in [6.07, 6.45) is 1.66. The first kappa shape index (κ1) is 21.8. The molecule has 166 valence electrons. The van der Waals surface area contributed by atoms with Gasteiger partial charge in [-0.3, -0.25) is 0 Å². The van der Waals surface area contributed by atoms with E-state index >= 15 is 0 Å². The Kier molecular flexibility index (Phi) is 6.31. The zero-order chi connectivity index (χ0) is 22.0. The molecule has 0 radical (unpaired) electrons. The zero-order valence-corrected chi connectivity index (χ0v) is 20.0. The van der Waals surface area contributed by atoms with E-state index in [1.807, 2.05) is 13.0 Å². The molecule has 1 saturated heterocycles. The second-order valence-electron chi connectivity index (χ2n) is 9.41. The molecular weight excluding hydrogens is 406 g/mol. The van der Waals surface area contributed by atoms with Crippen LogP contribution in [0.5, 0.6) is 0 Å². The van der Waals surface area contributed by atoms with E-state index in [9.17, 15) is 0 Å². The summed E-state index contributed by atoms with van der Waals surface area (Å²) in [5.41, 5.74) is 11.0. The highest BCUT2D eigenvalue weighted by molar-refractivity contribution is 6.76. The van der Waals surface area contributed by atoms with Crippen LogP contribution >= 0.6 is 0 Å². The lowest BCUT2D eigenvalue weighted by molar-refractivity contribution is 0.0909. The lowest BCUT2D eigenvalue weighted by Gasteiger charge is -2.28. The van der Waals surface area contributed by atoms with Crippen LogP contribution in [0.3, 0.4) is 0 Å². The van der Waals surface area contributed by atoms with Gasteiger partial charge in [-0.25, -0.2) is 9.97 Å². The van der Waals surface area contributed by atoms with Gasteiger partial charge in [0.05, 0.1) is 24.3 Å². The lowest BCUT2D eigenvalue weighted by atomic mass is 10.1. The molecule has 31 heavy (non-hydrogen) atoms. The maximum atomic E-state index is 6.14. The number of aryl methyl sites for hydroxylation is 1. The molecule has 4 rings (SSSR count). The Morgan fingerprint density at radius 3 is 2.61 bits per heavy atom. The van der Waals surface area contributed by atoms with E-state index < -0.39 is 8.07 Å². The first-order chi connectivity index (χ1) is 14.8. The largest absolute Gasteiger partial charge is 0.399 e. The van der Waals surface area contributed by atoms with Crippen LogP contribution in [0.25, 0.3) is 22.3 Å². The number of ether oxygens (including phenoxy) is 2. The summed E-state index contributed by atoms with van der Waals surface area (Å²) in [7, 11) is -1.15. The van der Waals surface area contributed by atoms with Gasteiger partial charge < -0.3 is 24.7 Å². The van der Waals surface area contributed by atoms with Crippen LogP contribution in [0.4, 0.5) is 11.5 Å². The van der Waals surface area contributed by atoms with E-state index in [0.29, 0.717) is 6.73 Å². The Hall–Kier alpha value is -2.42. The molecule has 0 saturated carbocycles. The number of aromatic nitrogens is 3. The molecule has 1 aromatic carbocycles. The molecule has 0 bridgehead atoms. The summed E-state index contributed by atoms with van der Waals surface area (Å²) < 4.78 is 13.8. The number of nitrogens with two attached hydrogens (primary N) is 1. The van der Waals surface area contributed by atoms with Gasteiger partial charge in [0, 0.05) is 33.5 Å². The highest BCUT2D eigenvalue weighted by Crippen LogP contribution is 2.33. The Balaban J connectivity index is 1.74. The molecule has 1 aliphatic rings. The van der Waals surface area contributed by atoms with E-state index in [1.54, 1.807) is 6.33 Å². The van der Waals surface area contributed by atoms with Crippen molar-refractivity contribution in [2.24, 2.45) is 0 Å². The zero-order valence-electron chi connectivity index (χ0n) is 19.0. The highest BCUT2D eigenvalue weighted by atomic mass is 28.3. The van der Waals surface area contributed by atoms with Crippen molar-refractivity contribution >= 4 is 30.6 Å². The third-order valence-corrected chi connectivity index (χ3v) is 7.47. The van der Waals surface area contributed by atoms with Crippen molar-refractivity contribution in [1.29, 1.82) is 0 Å². The van der Waals surface area contributed by atoms with E-state index in [4.69, 9.17) is 15.2 Å². The van der Waals surface area contributed by atoms with Gasteiger partial charge in [-0.1, -0.05) is 25.7 Å². The fraction of sp³-hybridized carbons (Fsp3) is 0.478. The molecule has 2 aromatic heterocycles. The van der Waals surface area contributed by atoms with Crippen molar-refractivity contribution in [3.63, 3.8) is 0 Å². The van der Waals surface area contributed by atoms with Gasteiger partial charge in [0.15, 0.2) is 0 Å². The topological polar surface area (TPSA) is 78.4 Å². The van der Waals surface area contributed by atoms with Crippen LogP contribution in [-0.4, -0.2) is 55.5 Å². The molecule has 1 fully saturated rings. The second kappa shape index (κ2) is 8.98. The van der Waals surface area contributed by atoms with Crippen molar-refractivity contribution in [1.82, 2.24) is 14.5 Å². The lowest BCUT2D eigenvalue weighted by Crippen LogP contribution is -2.36. The number of benzene rings is 1. The first-order valence-corrected chi connectivity index (χ1v) is 14.7. The van der Waals surface area contributed by atoms with Crippen LogP contribution in [0, 0.1) is 6.92 Å². The van der Waals surface area contributed by atoms with Gasteiger partial charge in [-0.05, 0) is 42.3 Å². The minimum absolute atomic E-state index is 0.465. The fourth-order valence-corrected chi connectivity index (χ4v) is 4.57. The smallest absolute Gasteiger partial charge is 0.147 e. The van der Waals surface area contributed by atoms with E-state index in [2.05, 4.69) is 57.3 Å². The second-order valence-corrected chi connectivity index (χ2v) is 15.0. The first-order valence-electron chi connectivity index (χ1n) is 10.9. The van der Waals surface area contributed by atoms with Crippen LogP contribution in [0.15, 0.2) is 30.6 Å². The highest BCUT2D eigenvalue weighted by Gasteiger charge is 2.21. The normalized spacial score (nSPS) is 15.0. The van der Waals surface area contributed by atoms with Gasteiger partial charge in [0.25, 0.3) is 0 Å². The number of fused-ring (bicyclic) bond motifs is 1. The van der Waals surface area contributed by atoms with E-state index in [0.717, 1.165) is 78.3 Å². The van der Waals surface area contributed by atoms with Gasteiger partial charge in [0.1, 0.15) is 24.5 Å². The fourth-order valence-electron chi connectivity index (χ4n) is 3.82. The summed E-state index contributed by atoms with van der Waals surface area (Å²) in [5.74, 6) is 0.961. The average Bonchev–Trinajstić information content (AvgIpc) is 3.12. The molecule has 0 amide bonds. The molecule has 3 aromatic rings. The third-order valence-electron chi connectivity index (χ3n) is 5.76. The Morgan fingerprint density at radius 1 is 1.13 bits per heavy atom. The maximum absolute atomic E-state index is 6.14. The predicted octanol–water partition coefficient (Wildman–Crippen LogP) is 4.14. The van der Waals surface area contributed by atoms with Gasteiger partial charge in [0.2, 0.25) is 0 Å². The van der Waals surface area contributed by atoms with E-state index in [1.165, 1.54) is 0 Å². The number of hydrogen-bond donors (Lipinski definition) is 1. The number of hydrogen-bond acceptors (Lipinski definition) is 6. The molecule has 0 atom stereocenters. The van der Waals surface area contributed by atoms with Crippen LogP contribution in [0.2, 0.25) is 25.7 Å². The Morgan fingerprint density at radius 2 is 1.90 bits per heavy atom. The van der Waals surface area contributed by atoms with Crippen molar-refractivity contribution in [2.75, 3.05) is 43.5 Å². The summed E-state index contributed by atoms with van der Waals surface area (Å²) in [5, 5.41) is 1.04. The SMILES string of the molecule is Cc1cc(-c2cc3c(N4CCOCC4)ncnc3n2COCC[Si](C)(C)C)ccc1N. The van der Waals surface area contributed by atoms with Crippen molar-refractivity contribution < 1.29 is 9.47 Å².